The van der Waals surface area contributed by atoms with Crippen molar-refractivity contribution < 1.29 is 19.8 Å². The Kier molecular flexibility index (Phi) is 5.87. The van der Waals surface area contributed by atoms with Gasteiger partial charge in [0.15, 0.2) is 0 Å². The molecule has 3 N–H and O–H groups in total. The van der Waals surface area contributed by atoms with Crippen molar-refractivity contribution in [3.05, 3.63) is 0 Å². The number of aliphatic carboxylic acids is 2. The van der Waals surface area contributed by atoms with E-state index >= 15 is 0 Å². The van der Waals surface area contributed by atoms with Crippen molar-refractivity contribution in [1.82, 2.24) is 5.32 Å². The molecule has 1 atom stereocenters. The van der Waals surface area contributed by atoms with E-state index in [0.717, 1.165) is 0 Å². The summed E-state index contributed by atoms with van der Waals surface area (Å²) >= 11 is 0. The van der Waals surface area contributed by atoms with E-state index in [9.17, 15) is 9.59 Å². The number of nitrogens with one attached hydrogen (secondary N) is 1. The van der Waals surface area contributed by atoms with E-state index in [0.29, 0.717) is 12.5 Å². The summed E-state index contributed by atoms with van der Waals surface area (Å²) in [4.78, 5) is 20.9. The van der Waals surface area contributed by atoms with Gasteiger partial charge >= 0.3 is 11.9 Å². The molecule has 5 heteroatoms. The van der Waals surface area contributed by atoms with Crippen molar-refractivity contribution >= 4 is 11.9 Å². The van der Waals surface area contributed by atoms with Crippen molar-refractivity contribution in [2.75, 3.05) is 6.54 Å². The maximum absolute atomic E-state index is 10.7. The largest absolute Gasteiger partial charge is 0.481 e. The second-order valence-electron chi connectivity index (χ2n) is 3.63. The first-order valence-electron chi connectivity index (χ1n) is 4.61. The zero-order valence-corrected chi connectivity index (χ0v) is 8.49. The molecule has 82 valence electrons. The molecule has 5 nitrogen and oxygen atoms in total. The van der Waals surface area contributed by atoms with Crippen LogP contribution in [0.5, 0.6) is 0 Å². The number of carbonyl (C=O) groups is 2. The standard InChI is InChI=1S/C9H17NO4/c1-6(2)5-10-7(9(13)14)3-4-8(11)12/h6-7,10H,3-5H2,1-2H3,(H,11,12)(H,13,14)/t7-/m0/s1. The fraction of sp³-hybridized carbons (Fsp3) is 0.778. The molecule has 0 saturated carbocycles. The van der Waals surface area contributed by atoms with E-state index < -0.39 is 18.0 Å². The maximum atomic E-state index is 10.7. The van der Waals surface area contributed by atoms with Gasteiger partial charge in [0.25, 0.3) is 0 Å². The van der Waals surface area contributed by atoms with Gasteiger partial charge in [0, 0.05) is 6.42 Å². The molecule has 0 saturated heterocycles. The number of hydrogen-bond acceptors (Lipinski definition) is 3. The molecule has 0 radical (unpaired) electrons. The Bertz CT molecular complexity index is 203. The zero-order chi connectivity index (χ0) is 11.1. The molecular formula is C9H17NO4. The third-order valence-corrected chi connectivity index (χ3v) is 1.72. The van der Waals surface area contributed by atoms with Crippen LogP contribution in [0.1, 0.15) is 26.7 Å². The molecule has 0 bridgehead atoms. The second-order valence-corrected chi connectivity index (χ2v) is 3.63. The minimum atomic E-state index is -0.994. The van der Waals surface area contributed by atoms with Gasteiger partial charge in [0.2, 0.25) is 0 Å². The quantitative estimate of drug-likeness (QED) is 0.562. The molecule has 0 spiro atoms. The average molecular weight is 203 g/mol. The average Bonchev–Trinajstić information content (AvgIpc) is 2.02. The van der Waals surface area contributed by atoms with Gasteiger partial charge in [-0.15, -0.1) is 0 Å². The van der Waals surface area contributed by atoms with Crippen molar-refractivity contribution in [2.45, 2.75) is 32.7 Å². The smallest absolute Gasteiger partial charge is 0.320 e. The highest BCUT2D eigenvalue weighted by Gasteiger charge is 2.17. The predicted octanol–water partition coefficient (Wildman–Crippen LogP) is 0.550. The molecule has 14 heavy (non-hydrogen) atoms. The van der Waals surface area contributed by atoms with Crippen LogP contribution in [-0.2, 0) is 9.59 Å². The summed E-state index contributed by atoms with van der Waals surface area (Å²) in [7, 11) is 0. The van der Waals surface area contributed by atoms with Gasteiger partial charge in [0.1, 0.15) is 6.04 Å². The van der Waals surface area contributed by atoms with Gasteiger partial charge in [-0.25, -0.2) is 0 Å². The monoisotopic (exact) mass is 203 g/mol. The van der Waals surface area contributed by atoms with Crippen LogP contribution in [0.4, 0.5) is 0 Å². The highest BCUT2D eigenvalue weighted by Crippen LogP contribution is 1.99. The van der Waals surface area contributed by atoms with Crippen molar-refractivity contribution in [3.63, 3.8) is 0 Å². The van der Waals surface area contributed by atoms with Gasteiger partial charge in [0.05, 0.1) is 0 Å². The Hall–Kier alpha value is -1.10. The SMILES string of the molecule is CC(C)CN[C@@H](CCC(=O)O)C(=O)O. The molecular weight excluding hydrogens is 186 g/mol. The lowest BCUT2D eigenvalue weighted by atomic mass is 10.1. The Labute approximate surface area is 83.1 Å². The molecule has 0 aliphatic carbocycles. The number of rotatable bonds is 7. The van der Waals surface area contributed by atoms with E-state index in [2.05, 4.69) is 5.32 Å². The molecule has 0 rings (SSSR count). The van der Waals surface area contributed by atoms with E-state index in [1.54, 1.807) is 0 Å². The summed E-state index contributed by atoms with van der Waals surface area (Å²) in [6, 6.07) is -0.756. The Morgan fingerprint density at radius 3 is 2.21 bits per heavy atom. The topological polar surface area (TPSA) is 86.6 Å². The Morgan fingerprint density at radius 1 is 1.29 bits per heavy atom. The van der Waals surface area contributed by atoms with Crippen molar-refractivity contribution in [3.8, 4) is 0 Å². The van der Waals surface area contributed by atoms with Crippen molar-refractivity contribution in [1.29, 1.82) is 0 Å². The fourth-order valence-corrected chi connectivity index (χ4v) is 0.959. The van der Waals surface area contributed by atoms with Gasteiger partial charge in [-0.3, -0.25) is 9.59 Å². The van der Waals surface area contributed by atoms with E-state index in [1.165, 1.54) is 0 Å². The molecule has 0 amide bonds. The van der Waals surface area contributed by atoms with Crippen LogP contribution >= 0.6 is 0 Å². The minimum Gasteiger partial charge on any atom is -0.481 e. The Balaban J connectivity index is 3.90. The zero-order valence-electron chi connectivity index (χ0n) is 8.49. The number of carboxylic acid groups (broad SMARTS) is 2. The van der Waals surface area contributed by atoms with E-state index in [-0.39, 0.29) is 12.8 Å². The molecule has 0 aromatic heterocycles. The lowest BCUT2D eigenvalue weighted by Gasteiger charge is -2.14. The summed E-state index contributed by atoms with van der Waals surface area (Å²) < 4.78 is 0. The summed E-state index contributed by atoms with van der Waals surface area (Å²) in [5.74, 6) is -1.61. The summed E-state index contributed by atoms with van der Waals surface area (Å²) in [6.07, 6.45) is -0.000547. The molecule has 0 aromatic carbocycles. The second kappa shape index (κ2) is 6.37. The summed E-state index contributed by atoms with van der Waals surface area (Å²) in [6.45, 7) is 4.50. The number of carboxylic acids is 2. The summed E-state index contributed by atoms with van der Waals surface area (Å²) in [5, 5.41) is 20.0. The minimum absolute atomic E-state index is 0.122. The highest BCUT2D eigenvalue weighted by molar-refractivity contribution is 5.75. The van der Waals surface area contributed by atoms with Crippen LogP contribution in [0.3, 0.4) is 0 Å². The van der Waals surface area contributed by atoms with Gasteiger partial charge < -0.3 is 15.5 Å². The van der Waals surface area contributed by atoms with E-state index in [4.69, 9.17) is 10.2 Å². The predicted molar refractivity (Wildman–Crippen MR) is 51.1 cm³/mol. The molecule has 0 aliphatic rings. The lowest BCUT2D eigenvalue weighted by Crippen LogP contribution is -2.39. The first-order chi connectivity index (χ1) is 6.43. The molecule has 0 heterocycles. The van der Waals surface area contributed by atoms with Crippen LogP contribution in [0.15, 0.2) is 0 Å². The van der Waals surface area contributed by atoms with Gasteiger partial charge in [-0.05, 0) is 18.9 Å². The van der Waals surface area contributed by atoms with Crippen LogP contribution in [0, 0.1) is 5.92 Å². The highest BCUT2D eigenvalue weighted by atomic mass is 16.4. The van der Waals surface area contributed by atoms with Crippen LogP contribution in [0.25, 0.3) is 0 Å². The Morgan fingerprint density at radius 2 is 1.86 bits per heavy atom. The van der Waals surface area contributed by atoms with E-state index in [1.807, 2.05) is 13.8 Å². The molecule has 0 unspecified atom stereocenters. The first-order valence-corrected chi connectivity index (χ1v) is 4.61. The number of hydrogen-bond donors (Lipinski definition) is 3. The normalized spacial score (nSPS) is 12.8. The van der Waals surface area contributed by atoms with Crippen molar-refractivity contribution in [2.24, 2.45) is 5.92 Å². The lowest BCUT2D eigenvalue weighted by molar-refractivity contribution is -0.140. The maximum Gasteiger partial charge on any atom is 0.320 e. The summed E-state index contributed by atoms with van der Waals surface area (Å²) in [5.41, 5.74) is 0. The van der Waals surface area contributed by atoms with Crippen LogP contribution in [0.2, 0.25) is 0 Å². The third kappa shape index (κ3) is 6.42. The fourth-order valence-electron chi connectivity index (χ4n) is 0.959. The van der Waals surface area contributed by atoms with Crippen LogP contribution < -0.4 is 5.32 Å². The molecule has 0 fully saturated rings. The molecule has 0 aliphatic heterocycles. The van der Waals surface area contributed by atoms with Gasteiger partial charge in [-0.2, -0.15) is 0 Å². The third-order valence-electron chi connectivity index (χ3n) is 1.72. The first kappa shape index (κ1) is 12.9. The van der Waals surface area contributed by atoms with Gasteiger partial charge in [-0.1, -0.05) is 13.8 Å². The van der Waals surface area contributed by atoms with Crippen LogP contribution in [-0.4, -0.2) is 34.7 Å². The molecule has 0 aromatic rings.